The lowest BCUT2D eigenvalue weighted by molar-refractivity contribution is -0.136. The Hall–Kier alpha value is -2.88. The summed E-state index contributed by atoms with van der Waals surface area (Å²) in [7, 11) is 1.49. The molecule has 1 heterocycles. The van der Waals surface area contributed by atoms with E-state index < -0.39 is 17.7 Å². The molecular weight excluding hydrogens is 476 g/mol. The minimum absolute atomic E-state index is 0.133. The van der Waals surface area contributed by atoms with Gasteiger partial charge in [0.15, 0.2) is 0 Å². The predicted octanol–water partition coefficient (Wildman–Crippen LogP) is 3.14. The molecule has 0 fully saturated rings. The summed E-state index contributed by atoms with van der Waals surface area (Å²) in [4.78, 5) is 37.2. The normalized spacial score (nSPS) is 10.6. The van der Waals surface area contributed by atoms with Crippen molar-refractivity contribution in [2.45, 2.75) is 0 Å². The number of benzene rings is 2. The number of carbonyl (C=O) groups excluding carboxylic acids is 3. The Bertz CT molecular complexity index is 1100. The molecule has 0 spiro atoms. The van der Waals surface area contributed by atoms with Gasteiger partial charge in [0, 0.05) is 34.2 Å². The number of amides is 3. The van der Waals surface area contributed by atoms with E-state index in [1.807, 2.05) is 0 Å². The number of rotatable bonds is 6. The number of hydrogen-bond donors (Lipinski definition) is 3. The lowest BCUT2D eigenvalue weighted by Crippen LogP contribution is -2.40. The number of aromatic nitrogens is 1. The standard InChI is InChI=1S/C20H18BrClN4O4/c1-30-9-8-23-19(28)20(29)25-26-16-7-4-14(22)10-12(16)11-17(26)18(27)24-15-5-2-13(21)3-6-15/h2-7,10-11H,8-9H2,1H3,(H,23,28)(H,24,27)(H,25,29). The maximum atomic E-state index is 12.9. The van der Waals surface area contributed by atoms with E-state index in [0.717, 1.165) is 4.47 Å². The molecule has 156 valence electrons. The first kappa shape index (κ1) is 21.8. The van der Waals surface area contributed by atoms with Crippen LogP contribution in [-0.4, -0.2) is 42.7 Å². The van der Waals surface area contributed by atoms with Crippen molar-refractivity contribution in [1.29, 1.82) is 0 Å². The van der Waals surface area contributed by atoms with Gasteiger partial charge in [-0.1, -0.05) is 27.5 Å². The molecule has 0 unspecified atom stereocenters. The molecule has 30 heavy (non-hydrogen) atoms. The van der Waals surface area contributed by atoms with E-state index in [1.165, 1.54) is 11.8 Å². The van der Waals surface area contributed by atoms with Gasteiger partial charge in [-0.2, -0.15) is 0 Å². The van der Waals surface area contributed by atoms with Crippen LogP contribution in [0.4, 0.5) is 5.69 Å². The second-order valence-electron chi connectivity index (χ2n) is 6.22. The van der Waals surface area contributed by atoms with Crippen molar-refractivity contribution in [2.24, 2.45) is 0 Å². The van der Waals surface area contributed by atoms with Crippen molar-refractivity contribution in [3.63, 3.8) is 0 Å². The van der Waals surface area contributed by atoms with Gasteiger partial charge in [-0.3, -0.25) is 19.8 Å². The molecule has 0 aliphatic heterocycles. The van der Waals surface area contributed by atoms with E-state index in [0.29, 0.717) is 21.6 Å². The predicted molar refractivity (Wildman–Crippen MR) is 118 cm³/mol. The molecule has 0 bridgehead atoms. The summed E-state index contributed by atoms with van der Waals surface area (Å²) in [5.41, 5.74) is 3.68. The van der Waals surface area contributed by atoms with Crippen molar-refractivity contribution < 1.29 is 19.1 Å². The third-order valence-electron chi connectivity index (χ3n) is 4.11. The molecule has 1 aromatic heterocycles. The first-order valence-corrected chi connectivity index (χ1v) is 10.0. The Morgan fingerprint density at radius 3 is 2.50 bits per heavy atom. The van der Waals surface area contributed by atoms with Crippen LogP contribution in [0.1, 0.15) is 10.5 Å². The number of nitrogens with one attached hydrogen (secondary N) is 3. The van der Waals surface area contributed by atoms with E-state index in [9.17, 15) is 14.4 Å². The van der Waals surface area contributed by atoms with Crippen LogP contribution in [0.15, 0.2) is 53.0 Å². The molecule has 10 heteroatoms. The zero-order valence-electron chi connectivity index (χ0n) is 15.9. The second kappa shape index (κ2) is 9.75. The summed E-state index contributed by atoms with van der Waals surface area (Å²) in [6.07, 6.45) is 0. The van der Waals surface area contributed by atoms with Gasteiger partial charge in [-0.05, 0) is 48.5 Å². The van der Waals surface area contributed by atoms with Crippen LogP contribution in [0, 0.1) is 0 Å². The SMILES string of the molecule is COCCNC(=O)C(=O)Nn1c(C(=O)Nc2ccc(Br)cc2)cc2cc(Cl)ccc21. The van der Waals surface area contributed by atoms with E-state index >= 15 is 0 Å². The summed E-state index contributed by atoms with van der Waals surface area (Å²) < 4.78 is 6.97. The zero-order valence-corrected chi connectivity index (χ0v) is 18.2. The summed E-state index contributed by atoms with van der Waals surface area (Å²) >= 11 is 9.39. The van der Waals surface area contributed by atoms with Gasteiger partial charge in [0.2, 0.25) is 0 Å². The fraction of sp³-hybridized carbons (Fsp3) is 0.150. The fourth-order valence-electron chi connectivity index (χ4n) is 2.70. The zero-order chi connectivity index (χ0) is 21.7. The monoisotopic (exact) mass is 492 g/mol. The highest BCUT2D eigenvalue weighted by atomic mass is 79.9. The number of hydrogen-bond acceptors (Lipinski definition) is 4. The van der Waals surface area contributed by atoms with Gasteiger partial charge in [-0.25, -0.2) is 4.68 Å². The van der Waals surface area contributed by atoms with Crippen molar-refractivity contribution in [3.05, 3.63) is 63.7 Å². The van der Waals surface area contributed by atoms with E-state index in [2.05, 4.69) is 32.0 Å². The minimum Gasteiger partial charge on any atom is -0.383 e. The molecule has 0 atom stereocenters. The summed E-state index contributed by atoms with van der Waals surface area (Å²) in [6.45, 7) is 0.451. The number of fused-ring (bicyclic) bond motifs is 1. The van der Waals surface area contributed by atoms with E-state index in [-0.39, 0.29) is 18.8 Å². The summed E-state index contributed by atoms with van der Waals surface area (Å²) in [5.74, 6) is -2.23. The third kappa shape index (κ3) is 5.18. The summed E-state index contributed by atoms with van der Waals surface area (Å²) in [6, 6.07) is 13.6. The van der Waals surface area contributed by atoms with Gasteiger partial charge >= 0.3 is 11.8 Å². The molecule has 0 saturated heterocycles. The number of carbonyl (C=O) groups is 3. The molecule has 8 nitrogen and oxygen atoms in total. The van der Waals surface area contributed by atoms with Gasteiger partial charge < -0.3 is 15.4 Å². The van der Waals surface area contributed by atoms with Crippen molar-refractivity contribution in [2.75, 3.05) is 31.0 Å². The Morgan fingerprint density at radius 1 is 1.07 bits per heavy atom. The van der Waals surface area contributed by atoms with Gasteiger partial charge in [-0.15, -0.1) is 0 Å². The molecule has 2 aromatic carbocycles. The highest BCUT2D eigenvalue weighted by Gasteiger charge is 2.21. The minimum atomic E-state index is -0.920. The molecule has 3 amide bonds. The number of halogens is 2. The molecule has 0 saturated carbocycles. The molecule has 0 aliphatic rings. The quantitative estimate of drug-likeness (QED) is 0.363. The highest BCUT2D eigenvalue weighted by molar-refractivity contribution is 9.10. The largest absolute Gasteiger partial charge is 0.383 e. The van der Waals surface area contributed by atoms with Crippen molar-refractivity contribution >= 4 is 61.8 Å². The van der Waals surface area contributed by atoms with Crippen LogP contribution in [0.25, 0.3) is 10.9 Å². The molecule has 3 rings (SSSR count). The number of nitrogens with zero attached hydrogens (tertiary/aromatic N) is 1. The lowest BCUT2D eigenvalue weighted by atomic mass is 10.2. The highest BCUT2D eigenvalue weighted by Crippen LogP contribution is 2.24. The molecule has 3 N–H and O–H groups in total. The van der Waals surface area contributed by atoms with Crippen molar-refractivity contribution in [1.82, 2.24) is 9.99 Å². The fourth-order valence-corrected chi connectivity index (χ4v) is 3.15. The molecular formula is C20H18BrClN4O4. The van der Waals surface area contributed by atoms with Gasteiger partial charge in [0.1, 0.15) is 5.69 Å². The Morgan fingerprint density at radius 2 is 1.80 bits per heavy atom. The Balaban J connectivity index is 1.89. The number of anilines is 1. The average molecular weight is 494 g/mol. The second-order valence-corrected chi connectivity index (χ2v) is 7.57. The molecule has 0 aliphatic carbocycles. The van der Waals surface area contributed by atoms with Crippen LogP contribution in [0.3, 0.4) is 0 Å². The van der Waals surface area contributed by atoms with E-state index in [4.69, 9.17) is 16.3 Å². The molecule has 0 radical (unpaired) electrons. The van der Waals surface area contributed by atoms with Crippen LogP contribution in [0.2, 0.25) is 5.02 Å². The smallest absolute Gasteiger partial charge is 0.328 e. The molecule has 3 aromatic rings. The van der Waals surface area contributed by atoms with Crippen molar-refractivity contribution in [3.8, 4) is 0 Å². The van der Waals surface area contributed by atoms with Crippen LogP contribution in [-0.2, 0) is 14.3 Å². The topological polar surface area (TPSA) is 101 Å². The lowest BCUT2D eigenvalue weighted by Gasteiger charge is -2.12. The maximum Gasteiger partial charge on any atom is 0.328 e. The van der Waals surface area contributed by atoms with E-state index in [1.54, 1.807) is 48.5 Å². The van der Waals surface area contributed by atoms with Crippen LogP contribution >= 0.6 is 27.5 Å². The van der Waals surface area contributed by atoms with Crippen LogP contribution in [0.5, 0.6) is 0 Å². The first-order chi connectivity index (χ1) is 14.4. The Kier molecular flexibility index (Phi) is 7.09. The van der Waals surface area contributed by atoms with Crippen LogP contribution < -0.4 is 16.1 Å². The third-order valence-corrected chi connectivity index (χ3v) is 4.87. The van der Waals surface area contributed by atoms with Gasteiger partial charge in [0.25, 0.3) is 5.91 Å². The maximum absolute atomic E-state index is 12.9. The number of methoxy groups -OCH3 is 1. The number of ether oxygens (including phenoxy) is 1. The Labute approximate surface area is 185 Å². The average Bonchev–Trinajstić information content (AvgIpc) is 3.07. The summed E-state index contributed by atoms with van der Waals surface area (Å²) in [5, 5.41) is 6.30. The first-order valence-electron chi connectivity index (χ1n) is 8.85. The van der Waals surface area contributed by atoms with Gasteiger partial charge in [0.05, 0.1) is 12.1 Å².